The van der Waals surface area contributed by atoms with Gasteiger partial charge in [0.25, 0.3) is 0 Å². The fraction of sp³-hybridized carbons (Fsp3) is 0. The quantitative estimate of drug-likeness (QED) is 0.813. The van der Waals surface area contributed by atoms with Crippen LogP contribution in [-0.4, -0.2) is 16.3 Å². The summed E-state index contributed by atoms with van der Waals surface area (Å²) in [4.78, 5) is 18.2. The summed E-state index contributed by atoms with van der Waals surface area (Å²) in [6.45, 7) is 0. The Hall–Kier alpha value is -2.57. The van der Waals surface area contributed by atoms with E-state index in [0.717, 1.165) is 12.4 Å². The van der Waals surface area contributed by atoms with Gasteiger partial charge in [0.15, 0.2) is 6.29 Å². The third-order valence-electron chi connectivity index (χ3n) is 2.22. The van der Waals surface area contributed by atoms with E-state index in [2.05, 4.69) is 15.3 Å². The van der Waals surface area contributed by atoms with Gasteiger partial charge in [-0.1, -0.05) is 0 Å². The zero-order chi connectivity index (χ0) is 13.1. The first kappa shape index (κ1) is 11.9. The number of nitrogens with zero attached hydrogens (tertiary/aromatic N) is 2. The van der Waals surface area contributed by atoms with Crippen LogP contribution in [0.3, 0.4) is 0 Å². The molecule has 0 saturated heterocycles. The maximum Gasteiger partial charge on any atom is 0.157 e. The number of nitrogens with one attached hydrogen (secondary N) is 1. The fourth-order valence-corrected chi connectivity index (χ4v) is 1.34. The van der Waals surface area contributed by atoms with E-state index in [0.29, 0.717) is 12.4 Å². The van der Waals surface area contributed by atoms with Crippen LogP contribution < -0.4 is 11.1 Å². The van der Waals surface area contributed by atoms with Gasteiger partial charge in [-0.15, -0.1) is 0 Å². The van der Waals surface area contributed by atoms with Crippen molar-refractivity contribution in [3.8, 4) is 0 Å². The number of hydrogen-bond acceptors (Lipinski definition) is 5. The van der Waals surface area contributed by atoms with Crippen molar-refractivity contribution in [1.29, 1.82) is 0 Å². The fourth-order valence-electron chi connectivity index (χ4n) is 1.34. The number of halogens is 2. The lowest BCUT2D eigenvalue weighted by Gasteiger charge is -2.09. The summed E-state index contributed by atoms with van der Waals surface area (Å²) in [5.74, 6) is -1.46. The maximum atomic E-state index is 13.4. The minimum atomic E-state index is -0.802. The topological polar surface area (TPSA) is 80.9 Å². The molecule has 3 N–H and O–H groups in total. The highest BCUT2D eigenvalue weighted by atomic mass is 19.1. The summed E-state index contributed by atoms with van der Waals surface area (Å²) in [5, 5.41) is 2.56. The second-order valence-corrected chi connectivity index (χ2v) is 3.39. The molecule has 0 spiro atoms. The van der Waals surface area contributed by atoms with Crippen LogP contribution in [0, 0.1) is 11.6 Å². The molecule has 2 rings (SSSR count). The molecule has 0 saturated carbocycles. The van der Waals surface area contributed by atoms with E-state index >= 15 is 0 Å². The lowest BCUT2D eigenvalue weighted by atomic mass is 10.2. The lowest BCUT2D eigenvalue weighted by Crippen LogP contribution is -2.05. The molecule has 18 heavy (non-hydrogen) atoms. The van der Waals surface area contributed by atoms with E-state index in [9.17, 15) is 13.6 Å². The molecule has 0 bridgehead atoms. The molecule has 0 aliphatic rings. The van der Waals surface area contributed by atoms with Gasteiger partial charge >= 0.3 is 0 Å². The number of carbonyl (C=O) groups is 1. The van der Waals surface area contributed by atoms with Crippen molar-refractivity contribution in [3.05, 3.63) is 41.7 Å². The second kappa shape index (κ2) is 4.74. The highest BCUT2D eigenvalue weighted by molar-refractivity contribution is 5.89. The Balaban J connectivity index is 2.40. The average molecular weight is 250 g/mol. The third-order valence-corrected chi connectivity index (χ3v) is 2.22. The summed E-state index contributed by atoms with van der Waals surface area (Å²) >= 11 is 0. The van der Waals surface area contributed by atoms with Crippen LogP contribution in [-0.2, 0) is 0 Å². The molecule has 2 aromatic rings. The van der Waals surface area contributed by atoms with Crippen LogP contribution in [0.25, 0.3) is 0 Å². The highest BCUT2D eigenvalue weighted by Crippen LogP contribution is 2.22. The van der Waals surface area contributed by atoms with E-state index in [-0.39, 0.29) is 22.9 Å². The molecule has 1 aromatic carbocycles. The van der Waals surface area contributed by atoms with Gasteiger partial charge in [0, 0.05) is 6.07 Å². The minimum absolute atomic E-state index is 0.0150. The largest absolute Gasteiger partial charge is 0.383 e. The van der Waals surface area contributed by atoms with Gasteiger partial charge < -0.3 is 11.1 Å². The van der Waals surface area contributed by atoms with Crippen molar-refractivity contribution in [1.82, 2.24) is 9.97 Å². The molecule has 0 aliphatic heterocycles. The van der Waals surface area contributed by atoms with Crippen LogP contribution in [0.5, 0.6) is 0 Å². The number of benzene rings is 1. The van der Waals surface area contributed by atoms with Crippen LogP contribution in [0.1, 0.15) is 10.4 Å². The predicted octanol–water partition coefficient (Wildman–Crippen LogP) is 1.89. The third kappa shape index (κ3) is 2.24. The molecular weight excluding hydrogens is 242 g/mol. The Bertz CT molecular complexity index is 604. The number of aromatic nitrogens is 2. The van der Waals surface area contributed by atoms with Crippen LogP contribution >= 0.6 is 0 Å². The summed E-state index contributed by atoms with van der Waals surface area (Å²) < 4.78 is 26.1. The zero-order valence-electron chi connectivity index (χ0n) is 9.02. The van der Waals surface area contributed by atoms with Crippen molar-refractivity contribution < 1.29 is 13.6 Å². The number of rotatable bonds is 3. The number of hydrogen-bond donors (Lipinski definition) is 2. The Morgan fingerprint density at radius 3 is 2.72 bits per heavy atom. The molecule has 1 aromatic heterocycles. The van der Waals surface area contributed by atoms with Crippen LogP contribution in [0.15, 0.2) is 24.5 Å². The summed E-state index contributed by atoms with van der Waals surface area (Å²) in [7, 11) is 0. The maximum absolute atomic E-state index is 13.4. The van der Waals surface area contributed by atoms with E-state index in [1.807, 2.05) is 0 Å². The summed E-state index contributed by atoms with van der Waals surface area (Å²) in [5.41, 5.74) is 5.47. The van der Waals surface area contributed by atoms with Gasteiger partial charge in [-0.3, -0.25) is 4.79 Å². The van der Waals surface area contributed by atoms with Crippen molar-refractivity contribution >= 4 is 23.6 Å². The Morgan fingerprint density at radius 2 is 2.06 bits per heavy atom. The standard InChI is InChI=1S/C11H8F2N4O/c12-6-1-2-9(8(13)3-6)17-11-7(4-18)10(14)15-5-16-11/h1-5H,(H3,14,15,16,17). The van der Waals surface area contributed by atoms with Crippen molar-refractivity contribution in [3.63, 3.8) is 0 Å². The SMILES string of the molecule is Nc1ncnc(Nc2ccc(F)cc2F)c1C=O. The lowest BCUT2D eigenvalue weighted by molar-refractivity contribution is 0.112. The first-order valence-corrected chi connectivity index (χ1v) is 4.89. The molecule has 0 atom stereocenters. The molecular formula is C11H8F2N4O. The molecule has 0 amide bonds. The van der Waals surface area contributed by atoms with E-state index in [1.54, 1.807) is 0 Å². The van der Waals surface area contributed by atoms with Gasteiger partial charge in [0.05, 0.1) is 11.3 Å². The minimum Gasteiger partial charge on any atom is -0.383 e. The van der Waals surface area contributed by atoms with Gasteiger partial charge in [0.1, 0.15) is 29.6 Å². The number of carbonyl (C=O) groups excluding carboxylic acids is 1. The smallest absolute Gasteiger partial charge is 0.157 e. The Labute approximate surface area is 101 Å². The average Bonchev–Trinajstić information content (AvgIpc) is 2.33. The van der Waals surface area contributed by atoms with Crippen LogP contribution in [0.2, 0.25) is 0 Å². The van der Waals surface area contributed by atoms with Gasteiger partial charge in [-0.25, -0.2) is 18.7 Å². The Morgan fingerprint density at radius 1 is 1.28 bits per heavy atom. The van der Waals surface area contributed by atoms with E-state index in [1.165, 1.54) is 6.07 Å². The molecule has 7 heteroatoms. The first-order valence-electron chi connectivity index (χ1n) is 4.89. The number of aldehydes is 1. The molecule has 0 fully saturated rings. The number of nitrogen functional groups attached to an aromatic ring is 1. The number of nitrogens with two attached hydrogens (primary N) is 1. The first-order chi connectivity index (χ1) is 8.61. The molecule has 92 valence electrons. The second-order valence-electron chi connectivity index (χ2n) is 3.39. The monoisotopic (exact) mass is 250 g/mol. The Kier molecular flexibility index (Phi) is 3.13. The zero-order valence-corrected chi connectivity index (χ0v) is 9.02. The van der Waals surface area contributed by atoms with Crippen molar-refractivity contribution in [2.24, 2.45) is 0 Å². The van der Waals surface area contributed by atoms with Gasteiger partial charge in [-0.05, 0) is 12.1 Å². The van der Waals surface area contributed by atoms with Gasteiger partial charge in [-0.2, -0.15) is 0 Å². The van der Waals surface area contributed by atoms with Gasteiger partial charge in [0.2, 0.25) is 0 Å². The summed E-state index contributed by atoms with van der Waals surface area (Å²) in [6.07, 6.45) is 1.59. The normalized spacial score (nSPS) is 10.1. The number of anilines is 3. The molecule has 0 unspecified atom stereocenters. The van der Waals surface area contributed by atoms with E-state index < -0.39 is 11.6 Å². The summed E-state index contributed by atoms with van der Waals surface area (Å²) in [6, 6.07) is 2.99. The van der Waals surface area contributed by atoms with Crippen LogP contribution in [0.4, 0.5) is 26.1 Å². The van der Waals surface area contributed by atoms with Crippen molar-refractivity contribution in [2.75, 3.05) is 11.1 Å². The highest BCUT2D eigenvalue weighted by Gasteiger charge is 2.11. The molecule has 0 radical (unpaired) electrons. The molecule has 1 heterocycles. The molecule has 5 nitrogen and oxygen atoms in total. The van der Waals surface area contributed by atoms with E-state index in [4.69, 9.17) is 5.73 Å². The molecule has 0 aliphatic carbocycles. The van der Waals surface area contributed by atoms with Crippen molar-refractivity contribution in [2.45, 2.75) is 0 Å². The predicted molar refractivity (Wildman–Crippen MR) is 61.5 cm³/mol.